The third-order valence-corrected chi connectivity index (χ3v) is 5.09. The minimum atomic E-state index is -3.35. The molecule has 0 saturated heterocycles. The Morgan fingerprint density at radius 3 is 2.52 bits per heavy atom. The number of hydrogen-bond donors (Lipinski definition) is 2. The molecule has 0 fully saturated rings. The van der Waals surface area contributed by atoms with Crippen LogP contribution in [0.4, 0.5) is 21.6 Å². The lowest BCUT2D eigenvalue weighted by molar-refractivity contribution is 0.607. The Hall–Kier alpha value is -3.39. The van der Waals surface area contributed by atoms with Gasteiger partial charge in [-0.3, -0.25) is 4.72 Å². The number of benzene rings is 2. The van der Waals surface area contributed by atoms with Crippen LogP contribution < -0.4 is 10.0 Å². The lowest BCUT2D eigenvalue weighted by atomic mass is 10.1. The summed E-state index contributed by atoms with van der Waals surface area (Å²) in [6.45, 7) is 0. The lowest BCUT2D eigenvalue weighted by Gasteiger charge is -2.09. The Bertz CT molecular complexity index is 1320. The number of pyridine rings is 1. The molecule has 29 heavy (non-hydrogen) atoms. The van der Waals surface area contributed by atoms with E-state index in [4.69, 9.17) is 0 Å². The van der Waals surface area contributed by atoms with Gasteiger partial charge < -0.3 is 9.88 Å². The first-order valence-electron chi connectivity index (χ1n) is 8.85. The van der Waals surface area contributed by atoms with E-state index in [1.165, 1.54) is 12.1 Å². The Morgan fingerprint density at radius 2 is 1.76 bits per heavy atom. The molecule has 0 aliphatic carbocycles. The second-order valence-electron chi connectivity index (χ2n) is 6.81. The number of halogens is 1. The highest BCUT2D eigenvalue weighted by molar-refractivity contribution is 7.92. The van der Waals surface area contributed by atoms with Crippen LogP contribution in [0.25, 0.3) is 22.2 Å². The van der Waals surface area contributed by atoms with Gasteiger partial charge in [-0.2, -0.15) is 0 Å². The van der Waals surface area contributed by atoms with Gasteiger partial charge in [0.05, 0.1) is 17.5 Å². The highest BCUT2D eigenvalue weighted by Gasteiger charge is 2.10. The van der Waals surface area contributed by atoms with Crippen molar-refractivity contribution in [2.45, 2.75) is 0 Å². The quantitative estimate of drug-likeness (QED) is 0.508. The summed E-state index contributed by atoms with van der Waals surface area (Å²) in [5.41, 5.74) is 3.78. The molecule has 0 bridgehead atoms. The van der Waals surface area contributed by atoms with Crippen LogP contribution in [0.2, 0.25) is 0 Å². The fraction of sp³-hybridized carbons (Fsp3) is 0.0952. The van der Waals surface area contributed by atoms with Crippen molar-refractivity contribution in [2.75, 3.05) is 16.3 Å². The molecule has 0 radical (unpaired) electrons. The van der Waals surface area contributed by atoms with Gasteiger partial charge in [-0.15, -0.1) is 0 Å². The van der Waals surface area contributed by atoms with Gasteiger partial charge >= 0.3 is 0 Å². The van der Waals surface area contributed by atoms with Gasteiger partial charge in [0.25, 0.3) is 0 Å². The first kappa shape index (κ1) is 18.9. The largest absolute Gasteiger partial charge is 0.343 e. The van der Waals surface area contributed by atoms with Crippen molar-refractivity contribution in [3.8, 4) is 11.3 Å². The molecule has 0 amide bonds. The van der Waals surface area contributed by atoms with Crippen LogP contribution in [-0.4, -0.2) is 24.2 Å². The lowest BCUT2D eigenvalue weighted by Crippen LogP contribution is -2.09. The van der Waals surface area contributed by atoms with E-state index < -0.39 is 10.0 Å². The summed E-state index contributed by atoms with van der Waals surface area (Å²) in [5, 5.41) is 4.12. The minimum Gasteiger partial charge on any atom is -0.343 e. The summed E-state index contributed by atoms with van der Waals surface area (Å²) in [4.78, 5) is 4.43. The van der Waals surface area contributed by atoms with Gasteiger partial charge in [-0.05, 0) is 36.4 Å². The number of hydrogen-bond acceptors (Lipinski definition) is 4. The summed E-state index contributed by atoms with van der Waals surface area (Å²) < 4.78 is 40.9. The van der Waals surface area contributed by atoms with Crippen LogP contribution in [0.5, 0.6) is 0 Å². The monoisotopic (exact) mass is 410 g/mol. The van der Waals surface area contributed by atoms with E-state index in [1.807, 2.05) is 35.9 Å². The average Bonchev–Trinajstić information content (AvgIpc) is 2.97. The number of nitrogens with one attached hydrogen (secondary N) is 2. The van der Waals surface area contributed by atoms with Gasteiger partial charge in [-0.25, -0.2) is 17.8 Å². The molecule has 148 valence electrons. The van der Waals surface area contributed by atoms with Crippen LogP contribution in [0.15, 0.2) is 66.9 Å². The van der Waals surface area contributed by atoms with Gasteiger partial charge in [-0.1, -0.05) is 18.2 Å². The van der Waals surface area contributed by atoms with Gasteiger partial charge in [0, 0.05) is 41.6 Å². The van der Waals surface area contributed by atoms with Gasteiger partial charge in [0.15, 0.2) is 0 Å². The fourth-order valence-corrected chi connectivity index (χ4v) is 3.80. The third-order valence-electron chi connectivity index (χ3n) is 4.49. The zero-order valence-corrected chi connectivity index (χ0v) is 16.7. The summed E-state index contributed by atoms with van der Waals surface area (Å²) in [7, 11) is -1.43. The zero-order valence-electron chi connectivity index (χ0n) is 15.8. The molecule has 0 aliphatic heterocycles. The molecule has 2 aromatic carbocycles. The van der Waals surface area contributed by atoms with E-state index in [0.717, 1.165) is 28.4 Å². The van der Waals surface area contributed by atoms with Crippen LogP contribution in [0.1, 0.15) is 0 Å². The summed E-state index contributed by atoms with van der Waals surface area (Å²) >= 11 is 0. The van der Waals surface area contributed by atoms with E-state index in [9.17, 15) is 12.8 Å². The predicted octanol–water partition coefficient (Wildman–Crippen LogP) is 4.49. The molecule has 0 spiro atoms. The maximum Gasteiger partial charge on any atom is 0.229 e. The number of anilines is 3. The molecule has 4 aromatic rings. The van der Waals surface area contributed by atoms with Crippen molar-refractivity contribution in [3.05, 3.63) is 72.7 Å². The maximum absolute atomic E-state index is 13.6. The average molecular weight is 410 g/mol. The Kier molecular flexibility index (Phi) is 4.71. The highest BCUT2D eigenvalue weighted by Crippen LogP contribution is 2.29. The second-order valence-corrected chi connectivity index (χ2v) is 8.56. The molecule has 2 heterocycles. The molecular formula is C21H19FN4O2S. The fourth-order valence-electron chi connectivity index (χ4n) is 3.25. The molecule has 0 unspecified atom stereocenters. The molecule has 2 N–H and O–H groups in total. The smallest absolute Gasteiger partial charge is 0.229 e. The molecule has 8 heteroatoms. The third kappa shape index (κ3) is 4.22. The molecule has 0 atom stereocenters. The van der Waals surface area contributed by atoms with E-state index in [0.29, 0.717) is 17.2 Å². The van der Waals surface area contributed by atoms with Crippen molar-refractivity contribution in [1.82, 2.24) is 9.55 Å². The standard InChI is InChI=1S/C21H19FN4O2S/c1-26-19(14-5-3-6-16(22)9-14)10-15-13-23-21(12-20(15)26)24-17-7-4-8-18(11-17)25-29(2,27)28/h3-13,25H,1-2H3,(H,23,24). The molecule has 0 saturated carbocycles. The molecule has 2 aromatic heterocycles. The Morgan fingerprint density at radius 1 is 1.00 bits per heavy atom. The first-order chi connectivity index (χ1) is 13.8. The van der Waals surface area contributed by atoms with Crippen molar-refractivity contribution in [2.24, 2.45) is 7.05 Å². The first-order valence-corrected chi connectivity index (χ1v) is 10.7. The number of nitrogens with zero attached hydrogens (tertiary/aromatic N) is 2. The summed E-state index contributed by atoms with van der Waals surface area (Å²) in [6, 6.07) is 17.3. The van der Waals surface area contributed by atoms with Crippen LogP contribution >= 0.6 is 0 Å². The Labute approximate surface area is 168 Å². The number of fused-ring (bicyclic) bond motifs is 1. The molecule has 4 rings (SSSR count). The van der Waals surface area contributed by atoms with Crippen molar-refractivity contribution >= 4 is 38.1 Å². The SMILES string of the molecule is Cn1c(-c2cccc(F)c2)cc2cnc(Nc3cccc(NS(C)(=O)=O)c3)cc21. The molecule has 0 aliphatic rings. The van der Waals surface area contributed by atoms with Gasteiger partial charge in [0.1, 0.15) is 11.6 Å². The van der Waals surface area contributed by atoms with Crippen molar-refractivity contribution in [1.29, 1.82) is 0 Å². The maximum atomic E-state index is 13.6. The van der Waals surface area contributed by atoms with Crippen LogP contribution in [0.3, 0.4) is 0 Å². The number of rotatable bonds is 5. The van der Waals surface area contributed by atoms with Crippen LogP contribution in [-0.2, 0) is 17.1 Å². The zero-order chi connectivity index (χ0) is 20.6. The highest BCUT2D eigenvalue weighted by atomic mass is 32.2. The van der Waals surface area contributed by atoms with E-state index in [1.54, 1.807) is 30.5 Å². The Balaban J connectivity index is 1.66. The predicted molar refractivity (Wildman–Crippen MR) is 114 cm³/mol. The second kappa shape index (κ2) is 7.21. The normalized spacial score (nSPS) is 11.6. The van der Waals surface area contributed by atoms with Crippen molar-refractivity contribution < 1.29 is 12.8 Å². The van der Waals surface area contributed by atoms with Gasteiger partial charge in [0.2, 0.25) is 10.0 Å². The van der Waals surface area contributed by atoms with Crippen molar-refractivity contribution in [3.63, 3.8) is 0 Å². The number of sulfonamides is 1. The number of aryl methyl sites for hydroxylation is 1. The molecular weight excluding hydrogens is 391 g/mol. The van der Waals surface area contributed by atoms with E-state index in [2.05, 4.69) is 15.0 Å². The molecule has 6 nitrogen and oxygen atoms in total. The van der Waals surface area contributed by atoms with E-state index >= 15 is 0 Å². The van der Waals surface area contributed by atoms with E-state index in [-0.39, 0.29) is 5.82 Å². The van der Waals surface area contributed by atoms with Crippen LogP contribution in [0, 0.1) is 5.82 Å². The minimum absolute atomic E-state index is 0.282. The summed E-state index contributed by atoms with van der Waals surface area (Å²) in [6.07, 6.45) is 2.85. The topological polar surface area (TPSA) is 76.0 Å². The number of aromatic nitrogens is 2. The summed E-state index contributed by atoms with van der Waals surface area (Å²) in [5.74, 6) is 0.330.